The van der Waals surface area contributed by atoms with Crippen molar-refractivity contribution in [1.82, 2.24) is 4.90 Å². The van der Waals surface area contributed by atoms with E-state index in [1.54, 1.807) is 18.2 Å². The van der Waals surface area contributed by atoms with E-state index in [2.05, 4.69) is 15.9 Å². The van der Waals surface area contributed by atoms with Crippen LogP contribution in [0.4, 0.5) is 3.89 Å². The van der Waals surface area contributed by atoms with Gasteiger partial charge in [0, 0.05) is 29.9 Å². The SMILES string of the molecule is O=C1CC(CS(=O)(=O)F)CN1Cc1ccc(Cl)c(Br)c1. The first kappa shape index (κ1) is 15.7. The van der Waals surface area contributed by atoms with E-state index < -0.39 is 21.9 Å². The predicted molar refractivity (Wildman–Crippen MR) is 77.6 cm³/mol. The van der Waals surface area contributed by atoms with Crippen LogP contribution in [0.2, 0.25) is 5.02 Å². The van der Waals surface area contributed by atoms with Gasteiger partial charge >= 0.3 is 10.2 Å². The topological polar surface area (TPSA) is 54.5 Å². The number of hydrogen-bond acceptors (Lipinski definition) is 3. The zero-order valence-electron chi connectivity index (χ0n) is 10.4. The summed E-state index contributed by atoms with van der Waals surface area (Å²) in [5.41, 5.74) is 0.874. The fourth-order valence-electron chi connectivity index (χ4n) is 2.26. The lowest BCUT2D eigenvalue weighted by molar-refractivity contribution is -0.128. The third kappa shape index (κ3) is 4.17. The molecule has 110 valence electrons. The van der Waals surface area contributed by atoms with Gasteiger partial charge in [-0.1, -0.05) is 17.7 Å². The molecule has 1 saturated heterocycles. The quantitative estimate of drug-likeness (QED) is 0.750. The highest BCUT2D eigenvalue weighted by Crippen LogP contribution is 2.26. The van der Waals surface area contributed by atoms with Crippen molar-refractivity contribution in [1.29, 1.82) is 0 Å². The van der Waals surface area contributed by atoms with Gasteiger partial charge in [-0.15, -0.1) is 3.89 Å². The summed E-state index contributed by atoms with van der Waals surface area (Å²) in [4.78, 5) is 13.3. The van der Waals surface area contributed by atoms with Gasteiger partial charge in [0.15, 0.2) is 0 Å². The van der Waals surface area contributed by atoms with Gasteiger partial charge in [-0.05, 0) is 33.6 Å². The molecule has 1 fully saturated rings. The van der Waals surface area contributed by atoms with Crippen molar-refractivity contribution in [2.75, 3.05) is 12.3 Å². The molecule has 0 aliphatic carbocycles. The maximum absolute atomic E-state index is 12.6. The highest BCUT2D eigenvalue weighted by atomic mass is 79.9. The third-order valence-electron chi connectivity index (χ3n) is 3.09. The first-order chi connectivity index (χ1) is 9.24. The number of benzene rings is 1. The maximum atomic E-state index is 12.6. The lowest BCUT2D eigenvalue weighted by atomic mass is 10.1. The highest BCUT2D eigenvalue weighted by molar-refractivity contribution is 9.10. The fourth-order valence-corrected chi connectivity index (χ4v) is 3.59. The molecule has 0 saturated carbocycles. The molecule has 1 aliphatic rings. The largest absolute Gasteiger partial charge is 0.338 e. The molecule has 20 heavy (non-hydrogen) atoms. The standard InChI is InChI=1S/C12H12BrClFNO3S/c13-10-3-8(1-2-11(10)14)5-16-6-9(4-12(16)17)7-20(15,18)19/h1-3,9H,4-7H2. The van der Waals surface area contributed by atoms with Crippen molar-refractivity contribution in [3.63, 3.8) is 0 Å². The Hall–Kier alpha value is -0.660. The van der Waals surface area contributed by atoms with Crippen LogP contribution in [0.25, 0.3) is 0 Å². The van der Waals surface area contributed by atoms with Crippen LogP contribution in [0.3, 0.4) is 0 Å². The van der Waals surface area contributed by atoms with Crippen molar-refractivity contribution < 1.29 is 17.1 Å². The van der Waals surface area contributed by atoms with Crippen LogP contribution in [-0.4, -0.2) is 31.5 Å². The minimum Gasteiger partial charge on any atom is -0.338 e. The molecule has 1 unspecified atom stereocenters. The normalized spacial score (nSPS) is 19.6. The Labute approximate surface area is 130 Å². The molecular formula is C12H12BrClFNO3S. The molecule has 0 spiro atoms. The van der Waals surface area contributed by atoms with Gasteiger partial charge in [-0.3, -0.25) is 4.79 Å². The van der Waals surface area contributed by atoms with E-state index in [9.17, 15) is 17.1 Å². The molecule has 2 rings (SSSR count). The molecule has 1 aromatic rings. The summed E-state index contributed by atoms with van der Waals surface area (Å²) < 4.78 is 34.6. The van der Waals surface area contributed by atoms with Crippen LogP contribution >= 0.6 is 27.5 Å². The fraction of sp³-hybridized carbons (Fsp3) is 0.417. The van der Waals surface area contributed by atoms with E-state index in [1.807, 2.05) is 0 Å². The summed E-state index contributed by atoms with van der Waals surface area (Å²) in [6.45, 7) is 0.611. The van der Waals surface area contributed by atoms with Crippen LogP contribution in [0.1, 0.15) is 12.0 Å². The second kappa shape index (κ2) is 5.99. The first-order valence-electron chi connectivity index (χ1n) is 5.88. The summed E-state index contributed by atoms with van der Waals surface area (Å²) in [5, 5.41) is 0.572. The number of carbonyl (C=O) groups excluding carboxylic acids is 1. The van der Waals surface area contributed by atoms with E-state index in [4.69, 9.17) is 11.6 Å². The molecule has 0 radical (unpaired) electrons. The van der Waals surface area contributed by atoms with Crippen molar-refractivity contribution >= 4 is 43.7 Å². The monoisotopic (exact) mass is 383 g/mol. The van der Waals surface area contributed by atoms with Gasteiger partial charge < -0.3 is 4.90 Å². The van der Waals surface area contributed by atoms with Crippen molar-refractivity contribution in [3.05, 3.63) is 33.3 Å². The van der Waals surface area contributed by atoms with Gasteiger partial charge in [-0.2, -0.15) is 8.42 Å². The third-order valence-corrected chi connectivity index (χ3v) is 5.17. The van der Waals surface area contributed by atoms with Crippen LogP contribution in [0, 0.1) is 5.92 Å². The molecule has 0 bridgehead atoms. The summed E-state index contributed by atoms with van der Waals surface area (Å²) in [5.74, 6) is -1.24. The lowest BCUT2D eigenvalue weighted by Crippen LogP contribution is -2.25. The van der Waals surface area contributed by atoms with E-state index >= 15 is 0 Å². The van der Waals surface area contributed by atoms with Gasteiger partial charge in [0.2, 0.25) is 5.91 Å². The van der Waals surface area contributed by atoms with Gasteiger partial charge in [-0.25, -0.2) is 0 Å². The molecule has 1 aromatic carbocycles. The summed E-state index contributed by atoms with van der Waals surface area (Å²) in [6, 6.07) is 5.31. The zero-order valence-corrected chi connectivity index (χ0v) is 13.5. The summed E-state index contributed by atoms with van der Waals surface area (Å²) in [6.07, 6.45) is 0.0674. The van der Waals surface area contributed by atoms with Crippen molar-refractivity contribution in [2.45, 2.75) is 13.0 Å². The number of nitrogens with zero attached hydrogens (tertiary/aromatic N) is 1. The van der Waals surface area contributed by atoms with Crippen LogP contribution in [0.5, 0.6) is 0 Å². The van der Waals surface area contributed by atoms with Gasteiger partial charge in [0.25, 0.3) is 0 Å². The number of hydrogen-bond donors (Lipinski definition) is 0. The van der Waals surface area contributed by atoms with Gasteiger partial charge in [0.05, 0.1) is 10.8 Å². The molecule has 0 aromatic heterocycles. The molecule has 8 heteroatoms. The Balaban J connectivity index is 2.03. The van der Waals surface area contributed by atoms with Crippen LogP contribution in [0.15, 0.2) is 22.7 Å². The average molecular weight is 385 g/mol. The second-order valence-electron chi connectivity index (χ2n) is 4.80. The molecule has 1 amide bonds. The average Bonchev–Trinajstić information content (AvgIpc) is 2.62. The second-order valence-corrected chi connectivity index (χ2v) is 7.47. The maximum Gasteiger partial charge on any atom is 0.302 e. The van der Waals surface area contributed by atoms with E-state index in [1.165, 1.54) is 4.90 Å². The molecule has 1 heterocycles. The predicted octanol–water partition coefficient (Wildman–Crippen LogP) is 2.75. The number of carbonyl (C=O) groups is 1. The number of halogens is 3. The molecule has 1 aliphatic heterocycles. The van der Waals surface area contributed by atoms with Gasteiger partial charge in [0.1, 0.15) is 0 Å². The van der Waals surface area contributed by atoms with E-state index in [0.717, 1.165) is 10.0 Å². The number of rotatable bonds is 4. The lowest BCUT2D eigenvalue weighted by Gasteiger charge is -2.16. The molecular weight excluding hydrogens is 373 g/mol. The van der Waals surface area contributed by atoms with E-state index in [0.29, 0.717) is 11.6 Å². The molecule has 4 nitrogen and oxygen atoms in total. The number of amides is 1. The Morgan fingerprint density at radius 3 is 2.75 bits per heavy atom. The van der Waals surface area contributed by atoms with Crippen molar-refractivity contribution in [2.24, 2.45) is 5.92 Å². The Bertz CT molecular complexity index is 638. The first-order valence-corrected chi connectivity index (χ1v) is 8.61. The smallest absolute Gasteiger partial charge is 0.302 e. The summed E-state index contributed by atoms with van der Waals surface area (Å²) >= 11 is 9.18. The Morgan fingerprint density at radius 2 is 2.15 bits per heavy atom. The molecule has 1 atom stereocenters. The molecule has 0 N–H and O–H groups in total. The Morgan fingerprint density at radius 1 is 1.45 bits per heavy atom. The number of likely N-dealkylation sites (tertiary alicyclic amines) is 1. The van der Waals surface area contributed by atoms with Crippen molar-refractivity contribution in [3.8, 4) is 0 Å². The Kier molecular flexibility index (Phi) is 4.71. The zero-order chi connectivity index (χ0) is 14.9. The van der Waals surface area contributed by atoms with Crippen LogP contribution < -0.4 is 0 Å². The highest BCUT2D eigenvalue weighted by Gasteiger charge is 2.32. The minimum absolute atomic E-state index is 0.0674. The minimum atomic E-state index is -4.54. The van der Waals surface area contributed by atoms with Crippen LogP contribution in [-0.2, 0) is 21.6 Å². The van der Waals surface area contributed by atoms with E-state index in [-0.39, 0.29) is 18.9 Å². The summed E-state index contributed by atoms with van der Waals surface area (Å²) in [7, 11) is -4.54.